The molecule has 1 amide bonds. The number of carbonyl (C=O) groups excluding carboxylic acids is 4. The van der Waals surface area contributed by atoms with Gasteiger partial charge in [0.1, 0.15) is 5.41 Å². The van der Waals surface area contributed by atoms with Gasteiger partial charge in [-0.3, -0.25) is 19.2 Å². The first-order chi connectivity index (χ1) is 17.8. The third-order valence-corrected chi connectivity index (χ3v) is 8.33. The van der Waals surface area contributed by atoms with E-state index in [-0.39, 0.29) is 23.3 Å². The zero-order valence-corrected chi connectivity index (χ0v) is 21.8. The van der Waals surface area contributed by atoms with Crippen molar-refractivity contribution >= 4 is 56.6 Å². The van der Waals surface area contributed by atoms with Crippen LogP contribution < -0.4 is 10.2 Å². The van der Waals surface area contributed by atoms with E-state index in [2.05, 4.69) is 21.2 Å². The number of hydrogen-bond donors (Lipinski definition) is 1. The van der Waals surface area contributed by atoms with E-state index in [1.54, 1.807) is 30.3 Å². The molecule has 2 heterocycles. The summed E-state index contributed by atoms with van der Waals surface area (Å²) < 4.78 is 0.859. The van der Waals surface area contributed by atoms with Crippen molar-refractivity contribution < 1.29 is 19.2 Å². The third kappa shape index (κ3) is 3.16. The third-order valence-electron chi connectivity index (χ3n) is 7.80. The van der Waals surface area contributed by atoms with Crippen molar-refractivity contribution in [1.82, 2.24) is 0 Å². The number of hydrogen-bond acceptors (Lipinski definition) is 5. The summed E-state index contributed by atoms with van der Waals surface area (Å²) >= 11 is 3.47. The topological polar surface area (TPSA) is 83.6 Å². The second-order valence-electron chi connectivity index (χ2n) is 9.79. The molecule has 0 unspecified atom stereocenters. The molecule has 0 radical (unpaired) electrons. The number of ketones is 3. The molecular weight excluding hydrogens is 532 g/mol. The molecule has 0 bridgehead atoms. The predicted molar refractivity (Wildman–Crippen MR) is 145 cm³/mol. The summed E-state index contributed by atoms with van der Waals surface area (Å²) in [5, 5.41) is 2.86. The summed E-state index contributed by atoms with van der Waals surface area (Å²) in [4.78, 5) is 56.0. The molecule has 6 nitrogen and oxygen atoms in total. The Morgan fingerprint density at radius 2 is 1.54 bits per heavy atom. The summed E-state index contributed by atoms with van der Waals surface area (Å²) in [6, 6.07) is 18.5. The quantitative estimate of drug-likeness (QED) is 0.436. The van der Waals surface area contributed by atoms with Gasteiger partial charge in [0.05, 0.1) is 17.8 Å². The molecule has 2 aliphatic heterocycles. The number of carbonyl (C=O) groups is 4. The van der Waals surface area contributed by atoms with Crippen molar-refractivity contribution in [3.8, 4) is 0 Å². The van der Waals surface area contributed by atoms with Gasteiger partial charge in [0.15, 0.2) is 17.3 Å². The van der Waals surface area contributed by atoms with Gasteiger partial charge < -0.3 is 10.2 Å². The van der Waals surface area contributed by atoms with Gasteiger partial charge in [-0.05, 0) is 36.8 Å². The molecule has 3 aliphatic rings. The first-order valence-corrected chi connectivity index (χ1v) is 12.9. The first kappa shape index (κ1) is 23.6. The van der Waals surface area contributed by atoms with Crippen molar-refractivity contribution in [2.75, 3.05) is 10.2 Å². The van der Waals surface area contributed by atoms with E-state index in [9.17, 15) is 19.2 Å². The Balaban J connectivity index is 1.65. The maximum absolute atomic E-state index is 14.4. The Morgan fingerprint density at radius 3 is 2.14 bits per heavy atom. The monoisotopic (exact) mass is 554 g/mol. The molecule has 184 valence electrons. The highest BCUT2D eigenvalue weighted by atomic mass is 79.9. The molecule has 3 atom stereocenters. The molecule has 1 fully saturated rings. The van der Waals surface area contributed by atoms with Crippen LogP contribution in [0.15, 0.2) is 77.3 Å². The van der Waals surface area contributed by atoms with Crippen LogP contribution in [-0.4, -0.2) is 35.3 Å². The number of anilines is 2. The fraction of sp³-hybridized carbons (Fsp3) is 0.200. The Kier molecular flexibility index (Phi) is 5.31. The van der Waals surface area contributed by atoms with E-state index in [0.29, 0.717) is 22.5 Å². The lowest BCUT2D eigenvalue weighted by Gasteiger charge is -2.37. The zero-order chi connectivity index (χ0) is 26.1. The number of nitrogens with one attached hydrogen (secondary N) is 1. The highest BCUT2D eigenvalue weighted by Gasteiger charge is 2.71. The molecule has 0 saturated carbocycles. The van der Waals surface area contributed by atoms with Crippen LogP contribution in [-0.2, 0) is 9.59 Å². The fourth-order valence-corrected chi connectivity index (χ4v) is 6.76. The average Bonchev–Trinajstić information content (AvgIpc) is 3.31. The van der Waals surface area contributed by atoms with E-state index in [1.807, 2.05) is 53.5 Å². The number of halogens is 1. The highest BCUT2D eigenvalue weighted by molar-refractivity contribution is 9.10. The van der Waals surface area contributed by atoms with E-state index in [4.69, 9.17) is 0 Å². The summed E-state index contributed by atoms with van der Waals surface area (Å²) in [5.41, 5.74) is 2.08. The number of nitrogens with zero attached hydrogens (tertiary/aromatic N) is 1. The largest absolute Gasteiger partial charge is 0.352 e. The summed E-state index contributed by atoms with van der Waals surface area (Å²) in [7, 11) is 0. The molecule has 3 aromatic carbocycles. The van der Waals surface area contributed by atoms with Crippen molar-refractivity contribution in [3.05, 3.63) is 99.5 Å². The fourth-order valence-electron chi connectivity index (χ4n) is 6.49. The van der Waals surface area contributed by atoms with Crippen molar-refractivity contribution in [2.24, 2.45) is 5.41 Å². The molecule has 3 aromatic rings. The standard InChI is InChI=1S/C30H23BrN2O4/c1-16(34)27-26(18-10-12-19(31)13-11-18)30(28(36)20-6-3-4-7-21(20)29(30)37)25-15-14-22-23(32-17(2)35)8-5-9-24(22)33(25)27/h3-15,25-27H,1-2H3,(H,32,35)/t25-,26+,27+/m0/s1. The van der Waals surface area contributed by atoms with Crippen LogP contribution in [0.3, 0.4) is 0 Å². The number of fused-ring (bicyclic) bond motifs is 5. The Labute approximate surface area is 222 Å². The van der Waals surface area contributed by atoms with Gasteiger partial charge in [-0.15, -0.1) is 0 Å². The molecule has 7 heteroatoms. The van der Waals surface area contributed by atoms with Gasteiger partial charge in [0, 0.05) is 39.7 Å². The van der Waals surface area contributed by atoms with E-state index in [0.717, 1.165) is 15.6 Å². The minimum atomic E-state index is -1.51. The molecule has 1 spiro atoms. The van der Waals surface area contributed by atoms with Gasteiger partial charge in [-0.25, -0.2) is 0 Å². The minimum absolute atomic E-state index is 0.141. The second-order valence-corrected chi connectivity index (χ2v) is 10.7. The zero-order valence-electron chi connectivity index (χ0n) is 20.2. The van der Waals surface area contributed by atoms with Crippen LogP contribution >= 0.6 is 15.9 Å². The van der Waals surface area contributed by atoms with Gasteiger partial charge >= 0.3 is 0 Å². The number of amides is 1. The lowest BCUT2D eigenvalue weighted by atomic mass is 9.64. The van der Waals surface area contributed by atoms with Crippen LogP contribution in [0.1, 0.15) is 51.6 Å². The lowest BCUT2D eigenvalue weighted by Crippen LogP contribution is -2.48. The average molecular weight is 555 g/mol. The normalized spacial score (nSPS) is 22.6. The first-order valence-electron chi connectivity index (χ1n) is 12.1. The highest BCUT2D eigenvalue weighted by Crippen LogP contribution is 2.61. The van der Waals surface area contributed by atoms with Gasteiger partial charge in [-0.2, -0.15) is 0 Å². The van der Waals surface area contributed by atoms with Crippen LogP contribution in [0.4, 0.5) is 11.4 Å². The summed E-state index contributed by atoms with van der Waals surface area (Å²) in [6.45, 7) is 2.95. The molecule has 37 heavy (non-hydrogen) atoms. The van der Waals surface area contributed by atoms with E-state index in [1.165, 1.54) is 13.8 Å². The smallest absolute Gasteiger partial charge is 0.221 e. The maximum atomic E-state index is 14.4. The van der Waals surface area contributed by atoms with E-state index >= 15 is 0 Å². The second kappa shape index (κ2) is 8.35. The molecule has 0 aromatic heterocycles. The van der Waals surface area contributed by atoms with Crippen molar-refractivity contribution in [1.29, 1.82) is 0 Å². The number of Topliss-reactive ketones (excluding diaryl/α,β-unsaturated/α-hetero) is 3. The molecule has 1 saturated heterocycles. The summed E-state index contributed by atoms with van der Waals surface area (Å²) in [6.07, 6.45) is 3.71. The molecule has 1 N–H and O–H groups in total. The van der Waals surface area contributed by atoms with Crippen molar-refractivity contribution in [3.63, 3.8) is 0 Å². The molecule has 1 aliphatic carbocycles. The Morgan fingerprint density at radius 1 is 0.892 bits per heavy atom. The number of benzene rings is 3. The van der Waals surface area contributed by atoms with Crippen molar-refractivity contribution in [2.45, 2.75) is 31.8 Å². The Bertz CT molecular complexity index is 1510. The Hall–Kier alpha value is -3.84. The lowest BCUT2D eigenvalue weighted by molar-refractivity contribution is -0.118. The van der Waals surface area contributed by atoms with Gasteiger partial charge in [-0.1, -0.05) is 70.5 Å². The minimum Gasteiger partial charge on any atom is -0.352 e. The van der Waals surface area contributed by atoms with Gasteiger partial charge in [0.25, 0.3) is 0 Å². The number of rotatable bonds is 3. The van der Waals surface area contributed by atoms with Crippen LogP contribution in [0.25, 0.3) is 6.08 Å². The maximum Gasteiger partial charge on any atom is 0.221 e. The van der Waals surface area contributed by atoms with Crippen LogP contribution in [0, 0.1) is 5.41 Å². The van der Waals surface area contributed by atoms with Crippen LogP contribution in [0.5, 0.6) is 0 Å². The SMILES string of the molecule is CC(=O)Nc1cccc2c1C=C[C@@H]1N2[C@H](C(C)=O)[C@@H](c2ccc(Br)cc2)C12C(=O)c1ccccc1C2=O. The predicted octanol–water partition coefficient (Wildman–Crippen LogP) is 5.43. The van der Waals surface area contributed by atoms with Gasteiger partial charge in [0.2, 0.25) is 5.91 Å². The van der Waals surface area contributed by atoms with E-state index < -0.39 is 23.4 Å². The summed E-state index contributed by atoms with van der Waals surface area (Å²) in [5.74, 6) is -1.58. The van der Waals surface area contributed by atoms with Crippen LogP contribution in [0.2, 0.25) is 0 Å². The molecule has 6 rings (SSSR count). The molecular formula is C30H23BrN2O4.